The van der Waals surface area contributed by atoms with Crippen LogP contribution in [0.3, 0.4) is 0 Å². The predicted octanol–water partition coefficient (Wildman–Crippen LogP) is 4.54. The lowest BCUT2D eigenvalue weighted by atomic mass is 10.1. The van der Waals surface area contributed by atoms with Crippen LogP contribution in [0.5, 0.6) is 11.5 Å². The van der Waals surface area contributed by atoms with Crippen molar-refractivity contribution in [1.29, 1.82) is 0 Å². The van der Waals surface area contributed by atoms with Gasteiger partial charge in [-0.15, -0.1) is 0 Å². The molecular weight excluding hydrogens is 316 g/mol. The van der Waals surface area contributed by atoms with Gasteiger partial charge in [-0.1, -0.05) is 6.07 Å². The second kappa shape index (κ2) is 5.67. The number of hydrogen-bond donors (Lipinski definition) is 1. The van der Waals surface area contributed by atoms with Crippen molar-refractivity contribution in [2.75, 3.05) is 0 Å². The zero-order valence-corrected chi connectivity index (χ0v) is 11.7. The Kier molecular flexibility index (Phi) is 4.17. The van der Waals surface area contributed by atoms with E-state index >= 15 is 0 Å². The number of halogens is 3. The zero-order chi connectivity index (χ0) is 14.0. The molecular formula is C14H12BrF2NO. The van der Waals surface area contributed by atoms with Gasteiger partial charge in [0.2, 0.25) is 0 Å². The van der Waals surface area contributed by atoms with E-state index in [1.807, 2.05) is 0 Å². The lowest BCUT2D eigenvalue weighted by Gasteiger charge is -2.10. The van der Waals surface area contributed by atoms with Gasteiger partial charge in [0.25, 0.3) is 0 Å². The van der Waals surface area contributed by atoms with Crippen molar-refractivity contribution < 1.29 is 13.5 Å². The topological polar surface area (TPSA) is 35.2 Å². The molecule has 0 saturated carbocycles. The van der Waals surface area contributed by atoms with E-state index in [0.717, 1.165) is 0 Å². The molecule has 2 aromatic carbocycles. The standard InChI is InChI=1S/C14H12BrF2NO/c1-8(18)9-2-5-14(13(17)6-9)19-10-3-4-12(16)11(15)7-10/h2-8H,18H2,1H3. The fraction of sp³-hybridized carbons (Fsp3) is 0.143. The van der Waals surface area contributed by atoms with Crippen LogP contribution in [0, 0.1) is 11.6 Å². The van der Waals surface area contributed by atoms with E-state index in [2.05, 4.69) is 15.9 Å². The largest absolute Gasteiger partial charge is 0.454 e. The SMILES string of the molecule is CC(N)c1ccc(Oc2ccc(F)c(Br)c2)c(F)c1. The minimum Gasteiger partial charge on any atom is -0.454 e. The number of hydrogen-bond acceptors (Lipinski definition) is 2. The molecule has 0 saturated heterocycles. The molecule has 2 rings (SSSR count). The first kappa shape index (κ1) is 14.0. The summed E-state index contributed by atoms with van der Waals surface area (Å²) >= 11 is 3.04. The molecule has 2 N–H and O–H groups in total. The maximum Gasteiger partial charge on any atom is 0.166 e. The normalized spacial score (nSPS) is 12.3. The van der Waals surface area contributed by atoms with Crippen LogP contribution in [0.25, 0.3) is 0 Å². The first-order valence-corrected chi connectivity index (χ1v) is 6.44. The molecule has 100 valence electrons. The van der Waals surface area contributed by atoms with E-state index in [9.17, 15) is 8.78 Å². The zero-order valence-electron chi connectivity index (χ0n) is 10.2. The number of benzene rings is 2. The fourth-order valence-electron chi connectivity index (χ4n) is 1.55. The Hall–Kier alpha value is -1.46. The summed E-state index contributed by atoms with van der Waals surface area (Å²) in [6.45, 7) is 1.77. The maximum atomic E-state index is 13.8. The van der Waals surface area contributed by atoms with Crippen LogP contribution in [0.1, 0.15) is 18.5 Å². The van der Waals surface area contributed by atoms with Crippen molar-refractivity contribution in [3.8, 4) is 11.5 Å². The second-order valence-electron chi connectivity index (χ2n) is 4.16. The highest BCUT2D eigenvalue weighted by Gasteiger charge is 2.09. The molecule has 0 radical (unpaired) electrons. The van der Waals surface area contributed by atoms with Crippen LogP contribution in [-0.4, -0.2) is 0 Å². The van der Waals surface area contributed by atoms with Gasteiger partial charge in [0, 0.05) is 6.04 Å². The van der Waals surface area contributed by atoms with Crippen molar-refractivity contribution in [3.63, 3.8) is 0 Å². The third kappa shape index (κ3) is 3.30. The second-order valence-corrected chi connectivity index (χ2v) is 5.01. The summed E-state index contributed by atoms with van der Waals surface area (Å²) in [4.78, 5) is 0. The van der Waals surface area contributed by atoms with Crippen LogP contribution in [-0.2, 0) is 0 Å². The highest BCUT2D eigenvalue weighted by molar-refractivity contribution is 9.10. The van der Waals surface area contributed by atoms with E-state index in [-0.39, 0.29) is 16.3 Å². The van der Waals surface area contributed by atoms with Crippen LogP contribution in [0.2, 0.25) is 0 Å². The predicted molar refractivity (Wildman–Crippen MR) is 73.2 cm³/mol. The highest BCUT2D eigenvalue weighted by atomic mass is 79.9. The van der Waals surface area contributed by atoms with Gasteiger partial charge in [-0.2, -0.15) is 0 Å². The van der Waals surface area contributed by atoms with Crippen molar-refractivity contribution in [2.45, 2.75) is 13.0 Å². The molecule has 1 unspecified atom stereocenters. The lowest BCUT2D eigenvalue weighted by molar-refractivity contribution is 0.439. The summed E-state index contributed by atoms with van der Waals surface area (Å²) in [6.07, 6.45) is 0. The van der Waals surface area contributed by atoms with Crippen molar-refractivity contribution in [1.82, 2.24) is 0 Å². The van der Waals surface area contributed by atoms with Crippen LogP contribution < -0.4 is 10.5 Å². The molecule has 1 atom stereocenters. The smallest absolute Gasteiger partial charge is 0.166 e. The summed E-state index contributed by atoms with van der Waals surface area (Å²) in [5.41, 5.74) is 6.35. The van der Waals surface area contributed by atoms with Gasteiger partial charge in [-0.25, -0.2) is 8.78 Å². The van der Waals surface area contributed by atoms with Gasteiger partial charge in [0.05, 0.1) is 4.47 Å². The number of nitrogens with two attached hydrogens (primary N) is 1. The van der Waals surface area contributed by atoms with Gasteiger partial charge in [0.1, 0.15) is 11.6 Å². The quantitative estimate of drug-likeness (QED) is 0.898. The molecule has 2 nitrogen and oxygen atoms in total. The summed E-state index contributed by atoms with van der Waals surface area (Å²) in [5, 5.41) is 0. The molecule has 0 amide bonds. The Labute approximate surface area is 118 Å². The monoisotopic (exact) mass is 327 g/mol. The average molecular weight is 328 g/mol. The highest BCUT2D eigenvalue weighted by Crippen LogP contribution is 2.29. The maximum absolute atomic E-state index is 13.8. The molecule has 0 heterocycles. The van der Waals surface area contributed by atoms with Gasteiger partial charge < -0.3 is 10.5 Å². The van der Waals surface area contributed by atoms with E-state index < -0.39 is 11.6 Å². The molecule has 0 fully saturated rings. The molecule has 0 aromatic heterocycles. The third-order valence-electron chi connectivity index (χ3n) is 2.60. The van der Waals surface area contributed by atoms with Crippen LogP contribution >= 0.6 is 15.9 Å². The van der Waals surface area contributed by atoms with Crippen molar-refractivity contribution in [3.05, 3.63) is 58.1 Å². The fourth-order valence-corrected chi connectivity index (χ4v) is 1.91. The summed E-state index contributed by atoms with van der Waals surface area (Å²) < 4.78 is 32.5. The van der Waals surface area contributed by atoms with Gasteiger partial charge in [-0.05, 0) is 58.7 Å². The summed E-state index contributed by atoms with van der Waals surface area (Å²) in [6, 6.07) is 8.40. The molecule has 2 aromatic rings. The molecule has 5 heteroatoms. The average Bonchev–Trinajstić information content (AvgIpc) is 2.36. The third-order valence-corrected chi connectivity index (χ3v) is 3.21. The molecule has 0 aliphatic carbocycles. The van der Waals surface area contributed by atoms with Crippen LogP contribution in [0.15, 0.2) is 40.9 Å². The number of rotatable bonds is 3. The summed E-state index contributed by atoms with van der Waals surface area (Å²) in [7, 11) is 0. The van der Waals surface area contributed by atoms with E-state index in [1.165, 1.54) is 30.3 Å². The Bertz CT molecular complexity index is 602. The molecule has 19 heavy (non-hydrogen) atoms. The van der Waals surface area contributed by atoms with Gasteiger partial charge in [0.15, 0.2) is 11.6 Å². The Morgan fingerprint density at radius 1 is 1.11 bits per heavy atom. The van der Waals surface area contributed by atoms with Crippen molar-refractivity contribution >= 4 is 15.9 Å². The Balaban J connectivity index is 2.25. The minimum absolute atomic E-state index is 0.0721. The minimum atomic E-state index is -0.504. The van der Waals surface area contributed by atoms with E-state index in [4.69, 9.17) is 10.5 Å². The first-order valence-electron chi connectivity index (χ1n) is 5.65. The Morgan fingerprint density at radius 2 is 1.84 bits per heavy atom. The Morgan fingerprint density at radius 3 is 2.42 bits per heavy atom. The number of ether oxygens (including phenoxy) is 1. The first-order chi connectivity index (χ1) is 8.97. The summed E-state index contributed by atoms with van der Waals surface area (Å²) in [5.74, 6) is -0.487. The van der Waals surface area contributed by atoms with Crippen molar-refractivity contribution in [2.24, 2.45) is 5.73 Å². The molecule has 0 aliphatic heterocycles. The van der Waals surface area contributed by atoms with Crippen LogP contribution in [0.4, 0.5) is 8.78 Å². The molecule has 0 bridgehead atoms. The van der Waals surface area contributed by atoms with E-state index in [1.54, 1.807) is 13.0 Å². The van der Waals surface area contributed by atoms with Gasteiger partial charge >= 0.3 is 0 Å². The van der Waals surface area contributed by atoms with Gasteiger partial charge in [-0.3, -0.25) is 0 Å². The molecule has 0 spiro atoms. The lowest BCUT2D eigenvalue weighted by Crippen LogP contribution is -2.05. The molecule has 0 aliphatic rings. The van der Waals surface area contributed by atoms with E-state index in [0.29, 0.717) is 11.3 Å².